The second-order valence-electron chi connectivity index (χ2n) is 7.49. The van der Waals surface area contributed by atoms with Gasteiger partial charge in [0, 0.05) is 27.2 Å². The summed E-state index contributed by atoms with van der Waals surface area (Å²) in [5, 5.41) is 18.9. The SMILES string of the molecule is COc1cc(OC)cc(-c2nnc(S/C(=C\c3cccc(OCc4ccc(Cl)cc4Cl)c3)C(=O)O)o2)c1. The summed E-state index contributed by atoms with van der Waals surface area (Å²) in [6.45, 7) is 0.226. The first-order valence-corrected chi connectivity index (χ1v) is 12.3. The third kappa shape index (κ3) is 6.97. The lowest BCUT2D eigenvalue weighted by molar-refractivity contribution is -0.131. The molecular weight excluding hydrogens is 539 g/mol. The van der Waals surface area contributed by atoms with E-state index in [1.54, 1.807) is 60.7 Å². The normalized spacial score (nSPS) is 11.3. The molecular formula is C26H20Cl2N2O6S. The van der Waals surface area contributed by atoms with Crippen LogP contribution in [0.1, 0.15) is 11.1 Å². The molecule has 0 saturated carbocycles. The van der Waals surface area contributed by atoms with Gasteiger partial charge in [0.25, 0.3) is 5.22 Å². The maximum Gasteiger partial charge on any atom is 0.342 e. The third-order valence-electron chi connectivity index (χ3n) is 4.98. The van der Waals surface area contributed by atoms with E-state index in [9.17, 15) is 9.90 Å². The van der Waals surface area contributed by atoms with Crippen LogP contribution in [0.25, 0.3) is 17.5 Å². The van der Waals surface area contributed by atoms with Gasteiger partial charge in [-0.05, 0) is 59.8 Å². The van der Waals surface area contributed by atoms with Gasteiger partial charge in [-0.15, -0.1) is 10.2 Å². The van der Waals surface area contributed by atoms with E-state index in [1.165, 1.54) is 20.3 Å². The van der Waals surface area contributed by atoms with E-state index in [-0.39, 0.29) is 22.6 Å². The molecule has 0 atom stereocenters. The number of carboxylic acid groups (broad SMARTS) is 1. The molecule has 0 aliphatic carbocycles. The largest absolute Gasteiger partial charge is 0.497 e. The fourth-order valence-electron chi connectivity index (χ4n) is 3.17. The molecule has 0 amide bonds. The van der Waals surface area contributed by atoms with Crippen LogP contribution in [0.5, 0.6) is 17.2 Å². The van der Waals surface area contributed by atoms with Gasteiger partial charge in [0.1, 0.15) is 28.8 Å². The lowest BCUT2D eigenvalue weighted by Crippen LogP contribution is -1.98. The summed E-state index contributed by atoms with van der Waals surface area (Å²) >= 11 is 13.0. The van der Waals surface area contributed by atoms with Crippen molar-refractivity contribution < 1.29 is 28.5 Å². The molecule has 0 aliphatic rings. The monoisotopic (exact) mass is 558 g/mol. The van der Waals surface area contributed by atoms with E-state index in [1.807, 2.05) is 0 Å². The topological polar surface area (TPSA) is 104 Å². The van der Waals surface area contributed by atoms with Gasteiger partial charge in [-0.2, -0.15) is 0 Å². The van der Waals surface area contributed by atoms with Crippen LogP contribution in [-0.4, -0.2) is 35.5 Å². The molecule has 3 aromatic carbocycles. The van der Waals surface area contributed by atoms with Crippen LogP contribution < -0.4 is 14.2 Å². The Morgan fingerprint density at radius 1 is 1.00 bits per heavy atom. The summed E-state index contributed by atoms with van der Waals surface area (Å²) in [5.41, 5.74) is 1.96. The number of benzene rings is 3. The molecule has 11 heteroatoms. The molecule has 0 spiro atoms. The molecule has 4 aromatic rings. The van der Waals surface area contributed by atoms with Crippen LogP contribution in [0.3, 0.4) is 0 Å². The van der Waals surface area contributed by atoms with Crippen molar-refractivity contribution in [3.8, 4) is 28.7 Å². The van der Waals surface area contributed by atoms with Crippen LogP contribution in [0.2, 0.25) is 10.0 Å². The Kier molecular flexibility index (Phi) is 8.60. The summed E-state index contributed by atoms with van der Waals surface area (Å²) in [5.74, 6) is 0.691. The molecule has 8 nitrogen and oxygen atoms in total. The minimum absolute atomic E-state index is 0.0173. The molecule has 37 heavy (non-hydrogen) atoms. The van der Waals surface area contributed by atoms with Crippen molar-refractivity contribution in [3.63, 3.8) is 0 Å². The van der Waals surface area contributed by atoms with Gasteiger partial charge >= 0.3 is 5.97 Å². The molecule has 1 N–H and O–H groups in total. The van der Waals surface area contributed by atoms with Gasteiger partial charge in [0.05, 0.1) is 14.2 Å². The third-order valence-corrected chi connectivity index (χ3v) is 6.42. The van der Waals surface area contributed by atoms with Crippen molar-refractivity contribution in [1.82, 2.24) is 10.2 Å². The zero-order chi connectivity index (χ0) is 26.4. The molecule has 1 heterocycles. The van der Waals surface area contributed by atoms with Crippen molar-refractivity contribution in [2.45, 2.75) is 11.8 Å². The molecule has 0 bridgehead atoms. The Labute approximate surface area is 226 Å². The predicted molar refractivity (Wildman–Crippen MR) is 142 cm³/mol. The first-order valence-electron chi connectivity index (χ1n) is 10.7. The smallest absolute Gasteiger partial charge is 0.342 e. The molecule has 0 saturated heterocycles. The number of aromatic nitrogens is 2. The van der Waals surface area contributed by atoms with Crippen LogP contribution in [0.4, 0.5) is 0 Å². The zero-order valence-corrected chi connectivity index (χ0v) is 21.9. The fraction of sp³-hybridized carbons (Fsp3) is 0.115. The standard InChI is InChI=1S/C26H20Cl2N2O6S/c1-33-20-10-17(11-21(13-20)34-2)24-29-30-26(36-24)37-23(25(31)32)9-15-4-3-5-19(8-15)35-14-16-6-7-18(27)12-22(16)28/h3-13H,14H2,1-2H3,(H,31,32)/b23-9-. The fourth-order valence-corrected chi connectivity index (χ4v) is 4.31. The number of ether oxygens (including phenoxy) is 3. The lowest BCUT2D eigenvalue weighted by Gasteiger charge is -2.09. The average Bonchev–Trinajstić information content (AvgIpc) is 3.36. The highest BCUT2D eigenvalue weighted by atomic mass is 35.5. The van der Waals surface area contributed by atoms with Crippen molar-refractivity contribution in [1.29, 1.82) is 0 Å². The molecule has 0 fully saturated rings. The number of hydrogen-bond donors (Lipinski definition) is 1. The summed E-state index contributed by atoms with van der Waals surface area (Å²) in [6.07, 6.45) is 1.49. The second-order valence-corrected chi connectivity index (χ2v) is 9.32. The van der Waals surface area contributed by atoms with Crippen molar-refractivity contribution in [2.75, 3.05) is 14.2 Å². The van der Waals surface area contributed by atoms with E-state index in [0.29, 0.717) is 38.4 Å². The summed E-state index contributed by atoms with van der Waals surface area (Å²) in [4.78, 5) is 11.9. The summed E-state index contributed by atoms with van der Waals surface area (Å²) in [6, 6.07) is 17.3. The summed E-state index contributed by atoms with van der Waals surface area (Å²) < 4.78 is 22.1. The number of nitrogens with zero attached hydrogens (tertiary/aromatic N) is 2. The van der Waals surface area contributed by atoms with Gasteiger partial charge in [-0.25, -0.2) is 4.79 Å². The average molecular weight is 559 g/mol. The van der Waals surface area contributed by atoms with E-state index in [4.69, 9.17) is 41.8 Å². The number of methoxy groups -OCH3 is 2. The number of thioether (sulfide) groups is 1. The number of rotatable bonds is 10. The molecule has 0 aliphatic heterocycles. The van der Waals surface area contributed by atoms with Gasteiger partial charge < -0.3 is 23.7 Å². The number of hydrogen-bond acceptors (Lipinski definition) is 8. The first-order chi connectivity index (χ1) is 17.8. The number of halogens is 2. The van der Waals surface area contributed by atoms with Crippen molar-refractivity contribution in [3.05, 3.63) is 86.7 Å². The van der Waals surface area contributed by atoms with Crippen molar-refractivity contribution in [2.24, 2.45) is 0 Å². The predicted octanol–water partition coefficient (Wildman–Crippen LogP) is 6.86. The Balaban J connectivity index is 1.51. The maximum atomic E-state index is 11.9. The number of aliphatic carboxylic acids is 1. The number of carbonyl (C=O) groups is 1. The zero-order valence-electron chi connectivity index (χ0n) is 19.6. The van der Waals surface area contributed by atoms with Gasteiger partial charge in [-0.3, -0.25) is 0 Å². The molecule has 0 unspecified atom stereocenters. The molecule has 0 radical (unpaired) electrons. The van der Waals surface area contributed by atoms with E-state index in [2.05, 4.69) is 10.2 Å². The van der Waals surface area contributed by atoms with E-state index < -0.39 is 5.97 Å². The van der Waals surface area contributed by atoms with Crippen LogP contribution in [0, 0.1) is 0 Å². The van der Waals surface area contributed by atoms with E-state index in [0.717, 1.165) is 17.3 Å². The minimum atomic E-state index is -1.15. The van der Waals surface area contributed by atoms with Gasteiger partial charge in [-0.1, -0.05) is 41.4 Å². The van der Waals surface area contributed by atoms with E-state index >= 15 is 0 Å². The minimum Gasteiger partial charge on any atom is -0.497 e. The first kappa shape index (κ1) is 26.4. The van der Waals surface area contributed by atoms with Crippen LogP contribution >= 0.6 is 35.0 Å². The highest BCUT2D eigenvalue weighted by Crippen LogP contribution is 2.33. The quantitative estimate of drug-likeness (QED) is 0.165. The number of carboxylic acids is 1. The van der Waals surface area contributed by atoms with Gasteiger partial charge in [0.15, 0.2) is 0 Å². The Hall–Kier alpha value is -3.66. The summed E-state index contributed by atoms with van der Waals surface area (Å²) in [7, 11) is 3.06. The highest BCUT2D eigenvalue weighted by Gasteiger charge is 2.17. The Bertz CT molecular complexity index is 1430. The molecule has 1 aromatic heterocycles. The van der Waals surface area contributed by atoms with Gasteiger partial charge in [0.2, 0.25) is 5.89 Å². The molecule has 190 valence electrons. The maximum absolute atomic E-state index is 11.9. The van der Waals surface area contributed by atoms with Crippen LogP contribution in [-0.2, 0) is 11.4 Å². The lowest BCUT2D eigenvalue weighted by atomic mass is 10.2. The van der Waals surface area contributed by atoms with Crippen molar-refractivity contribution >= 4 is 47.0 Å². The molecule has 4 rings (SSSR count). The second kappa shape index (κ2) is 12.1. The Morgan fingerprint density at radius 3 is 2.43 bits per heavy atom. The van der Waals surface area contributed by atoms with Crippen LogP contribution in [0.15, 0.2) is 75.2 Å². The Morgan fingerprint density at radius 2 is 1.76 bits per heavy atom. The highest BCUT2D eigenvalue weighted by molar-refractivity contribution is 8.03.